The lowest BCUT2D eigenvalue weighted by Gasteiger charge is -2.18. The maximum Gasteiger partial charge on any atom is 0.127 e. The molecule has 0 radical (unpaired) electrons. The molecule has 3 aromatic rings. The Kier molecular flexibility index (Phi) is 4.55. The Morgan fingerprint density at radius 1 is 1.17 bits per heavy atom. The molecule has 0 spiro atoms. The van der Waals surface area contributed by atoms with Crippen LogP contribution in [0.15, 0.2) is 36.5 Å². The predicted octanol–water partition coefficient (Wildman–Crippen LogP) is 6.12. The molecule has 2 nitrogen and oxygen atoms in total. The van der Waals surface area contributed by atoms with Crippen LogP contribution in [0.4, 0.5) is 5.00 Å². The van der Waals surface area contributed by atoms with Gasteiger partial charge in [0.1, 0.15) is 10.0 Å². The van der Waals surface area contributed by atoms with E-state index in [1.807, 2.05) is 11.3 Å². The number of thiophene rings is 1. The monoisotopic (exact) mass is 342 g/mol. The highest BCUT2D eigenvalue weighted by atomic mass is 32.1. The fraction of sp³-hybridized carbons (Fsp3) is 0.316. The van der Waals surface area contributed by atoms with Gasteiger partial charge in [-0.3, -0.25) is 0 Å². The van der Waals surface area contributed by atoms with Crippen LogP contribution in [0.2, 0.25) is 0 Å². The number of para-hydroxylation sites is 1. The SMILES string of the molecule is C=C(C)N(C)c1sc(CC)c(CC)c1-c1nc2ccccc2s1. The van der Waals surface area contributed by atoms with E-state index in [9.17, 15) is 0 Å². The molecule has 0 aliphatic rings. The van der Waals surface area contributed by atoms with Crippen LogP contribution in [0.25, 0.3) is 20.8 Å². The van der Waals surface area contributed by atoms with E-state index in [0.717, 1.165) is 29.1 Å². The summed E-state index contributed by atoms with van der Waals surface area (Å²) >= 11 is 3.67. The Balaban J connectivity index is 2.26. The average molecular weight is 343 g/mol. The molecule has 0 saturated heterocycles. The van der Waals surface area contributed by atoms with Crippen LogP contribution in [-0.2, 0) is 12.8 Å². The molecule has 0 fully saturated rings. The van der Waals surface area contributed by atoms with E-state index in [-0.39, 0.29) is 0 Å². The van der Waals surface area contributed by atoms with Crippen LogP contribution in [0.5, 0.6) is 0 Å². The normalized spacial score (nSPS) is 11.1. The lowest BCUT2D eigenvalue weighted by Crippen LogP contribution is -2.12. The van der Waals surface area contributed by atoms with Crippen LogP contribution in [-0.4, -0.2) is 12.0 Å². The van der Waals surface area contributed by atoms with Crippen LogP contribution in [0.1, 0.15) is 31.2 Å². The van der Waals surface area contributed by atoms with Crippen LogP contribution >= 0.6 is 22.7 Å². The van der Waals surface area contributed by atoms with Crippen molar-refractivity contribution < 1.29 is 0 Å². The van der Waals surface area contributed by atoms with Crippen molar-refractivity contribution in [2.75, 3.05) is 11.9 Å². The van der Waals surface area contributed by atoms with Crippen molar-refractivity contribution in [2.24, 2.45) is 0 Å². The number of anilines is 1. The number of thiazole rings is 1. The van der Waals surface area contributed by atoms with Gasteiger partial charge in [-0.1, -0.05) is 32.6 Å². The number of hydrogen-bond acceptors (Lipinski definition) is 4. The first-order chi connectivity index (χ1) is 11.1. The van der Waals surface area contributed by atoms with Gasteiger partial charge in [0.15, 0.2) is 0 Å². The van der Waals surface area contributed by atoms with E-state index >= 15 is 0 Å². The summed E-state index contributed by atoms with van der Waals surface area (Å²) < 4.78 is 1.25. The second-order valence-electron chi connectivity index (χ2n) is 5.67. The maximum absolute atomic E-state index is 4.91. The molecular weight excluding hydrogens is 320 g/mol. The van der Waals surface area contributed by atoms with Crippen LogP contribution in [0.3, 0.4) is 0 Å². The molecule has 0 aliphatic carbocycles. The lowest BCUT2D eigenvalue weighted by molar-refractivity contribution is 1.07. The van der Waals surface area contributed by atoms with Gasteiger partial charge in [0.25, 0.3) is 0 Å². The predicted molar refractivity (Wildman–Crippen MR) is 105 cm³/mol. The number of aromatic nitrogens is 1. The summed E-state index contributed by atoms with van der Waals surface area (Å²) in [6.07, 6.45) is 2.10. The van der Waals surface area contributed by atoms with E-state index in [0.29, 0.717) is 0 Å². The average Bonchev–Trinajstić information content (AvgIpc) is 3.13. The summed E-state index contributed by atoms with van der Waals surface area (Å²) in [5.74, 6) is 0. The van der Waals surface area contributed by atoms with Gasteiger partial charge in [-0.15, -0.1) is 22.7 Å². The third-order valence-corrected chi connectivity index (χ3v) is 6.64. The lowest BCUT2D eigenvalue weighted by atomic mass is 10.1. The largest absolute Gasteiger partial charge is 0.340 e. The molecule has 2 heterocycles. The highest BCUT2D eigenvalue weighted by molar-refractivity contribution is 7.22. The minimum Gasteiger partial charge on any atom is -0.340 e. The number of hydrogen-bond donors (Lipinski definition) is 0. The van der Waals surface area contributed by atoms with Crippen molar-refractivity contribution in [3.8, 4) is 10.6 Å². The van der Waals surface area contributed by atoms with Gasteiger partial charge in [-0.2, -0.15) is 0 Å². The fourth-order valence-electron chi connectivity index (χ4n) is 2.77. The molecule has 0 amide bonds. The number of aryl methyl sites for hydroxylation is 1. The number of nitrogens with zero attached hydrogens (tertiary/aromatic N) is 2. The minimum atomic E-state index is 1.04. The summed E-state index contributed by atoms with van der Waals surface area (Å²) in [5.41, 5.74) is 4.89. The van der Waals surface area contributed by atoms with Crippen molar-refractivity contribution in [1.82, 2.24) is 4.98 Å². The van der Waals surface area contributed by atoms with E-state index in [4.69, 9.17) is 4.98 Å². The van der Waals surface area contributed by atoms with Gasteiger partial charge in [0.2, 0.25) is 0 Å². The van der Waals surface area contributed by atoms with Crippen molar-refractivity contribution in [3.63, 3.8) is 0 Å². The Morgan fingerprint density at radius 2 is 1.91 bits per heavy atom. The number of rotatable bonds is 5. The summed E-state index contributed by atoms with van der Waals surface area (Å²) in [6, 6.07) is 8.38. The van der Waals surface area contributed by atoms with Crippen molar-refractivity contribution in [1.29, 1.82) is 0 Å². The number of allylic oxidation sites excluding steroid dienone is 1. The Hall–Kier alpha value is -1.65. The van der Waals surface area contributed by atoms with E-state index in [1.165, 1.54) is 25.7 Å². The van der Waals surface area contributed by atoms with Gasteiger partial charge in [0.05, 0.1) is 10.2 Å². The molecule has 23 heavy (non-hydrogen) atoms. The fourth-order valence-corrected chi connectivity index (χ4v) is 5.23. The summed E-state index contributed by atoms with van der Waals surface area (Å²) in [5, 5.41) is 2.40. The van der Waals surface area contributed by atoms with Gasteiger partial charge in [-0.25, -0.2) is 4.98 Å². The smallest absolute Gasteiger partial charge is 0.127 e. The molecule has 3 rings (SSSR count). The van der Waals surface area contributed by atoms with Gasteiger partial charge in [-0.05, 0) is 37.5 Å². The standard InChI is InChI=1S/C19H22N2S2/c1-6-13-15(7-2)23-19(21(5)12(3)4)17(13)18-20-14-10-8-9-11-16(14)22-18/h8-11H,3,6-7H2,1-2,4-5H3. The van der Waals surface area contributed by atoms with Gasteiger partial charge in [0, 0.05) is 23.2 Å². The van der Waals surface area contributed by atoms with Crippen molar-refractivity contribution >= 4 is 37.9 Å². The molecule has 0 saturated carbocycles. The molecule has 0 N–H and O–H groups in total. The number of fused-ring (bicyclic) bond motifs is 1. The van der Waals surface area contributed by atoms with Crippen LogP contribution in [0, 0.1) is 0 Å². The van der Waals surface area contributed by atoms with Gasteiger partial charge >= 0.3 is 0 Å². The Labute approximate surface area is 146 Å². The first-order valence-corrected chi connectivity index (χ1v) is 9.59. The zero-order valence-corrected chi connectivity index (χ0v) is 15.8. The zero-order valence-electron chi connectivity index (χ0n) is 14.1. The second kappa shape index (κ2) is 6.46. The van der Waals surface area contributed by atoms with E-state index < -0.39 is 0 Å². The molecule has 0 bridgehead atoms. The third-order valence-electron chi connectivity index (χ3n) is 4.13. The molecule has 2 aromatic heterocycles. The molecule has 0 unspecified atom stereocenters. The quantitative estimate of drug-likeness (QED) is 0.555. The van der Waals surface area contributed by atoms with Crippen LogP contribution < -0.4 is 4.90 Å². The highest BCUT2D eigenvalue weighted by Gasteiger charge is 2.23. The molecular formula is C19H22N2S2. The third kappa shape index (κ3) is 2.81. The summed E-state index contributed by atoms with van der Waals surface area (Å²) in [6.45, 7) is 10.6. The summed E-state index contributed by atoms with van der Waals surface area (Å²) in [7, 11) is 2.10. The van der Waals surface area contributed by atoms with Crippen molar-refractivity contribution in [2.45, 2.75) is 33.6 Å². The second-order valence-corrected chi connectivity index (χ2v) is 7.79. The molecule has 0 aliphatic heterocycles. The Bertz CT molecular complexity index is 825. The summed E-state index contributed by atoms with van der Waals surface area (Å²) in [4.78, 5) is 8.57. The van der Waals surface area contributed by atoms with E-state index in [1.54, 1.807) is 11.3 Å². The van der Waals surface area contributed by atoms with Gasteiger partial charge < -0.3 is 4.90 Å². The Morgan fingerprint density at radius 3 is 2.52 bits per heavy atom. The number of benzene rings is 1. The molecule has 0 atom stereocenters. The highest BCUT2D eigenvalue weighted by Crippen LogP contribution is 2.46. The minimum absolute atomic E-state index is 1.04. The molecule has 120 valence electrons. The molecule has 4 heteroatoms. The topological polar surface area (TPSA) is 16.1 Å². The zero-order chi connectivity index (χ0) is 16.6. The van der Waals surface area contributed by atoms with Crippen molar-refractivity contribution in [3.05, 3.63) is 47.0 Å². The molecule has 1 aromatic carbocycles. The maximum atomic E-state index is 4.91. The van der Waals surface area contributed by atoms with E-state index in [2.05, 4.69) is 63.6 Å². The first-order valence-electron chi connectivity index (χ1n) is 7.96. The first kappa shape index (κ1) is 16.2.